The summed E-state index contributed by atoms with van der Waals surface area (Å²) in [7, 11) is 0. The van der Waals surface area contributed by atoms with Gasteiger partial charge in [-0.1, -0.05) is 54.1 Å². The van der Waals surface area contributed by atoms with Crippen LogP contribution in [0.5, 0.6) is 0 Å². The van der Waals surface area contributed by atoms with Gasteiger partial charge in [-0.25, -0.2) is 0 Å². The third-order valence-corrected chi connectivity index (χ3v) is 4.91. The Kier molecular flexibility index (Phi) is 5.39. The number of carbonyl (C=O) groups excluding carboxylic acids is 2. The minimum atomic E-state index is -0.300. The van der Waals surface area contributed by atoms with E-state index in [9.17, 15) is 9.59 Å². The lowest BCUT2D eigenvalue weighted by molar-refractivity contribution is -0.130. The number of nitrogens with zero attached hydrogens (tertiary/aromatic N) is 1. The smallest absolute Gasteiger partial charge is 0.225 e. The molecule has 1 aliphatic rings. The van der Waals surface area contributed by atoms with E-state index in [1.807, 2.05) is 49.4 Å². The summed E-state index contributed by atoms with van der Waals surface area (Å²) in [6, 6.07) is 17.2. The van der Waals surface area contributed by atoms with Gasteiger partial charge >= 0.3 is 0 Å². The lowest BCUT2D eigenvalue weighted by Crippen LogP contribution is -2.33. The average molecular weight is 357 g/mol. The maximum atomic E-state index is 12.4. The topological polar surface area (TPSA) is 49.4 Å². The van der Waals surface area contributed by atoms with Crippen molar-refractivity contribution < 1.29 is 9.59 Å². The highest BCUT2D eigenvalue weighted by Gasteiger charge is 2.36. The zero-order valence-corrected chi connectivity index (χ0v) is 14.9. The monoisotopic (exact) mass is 356 g/mol. The van der Waals surface area contributed by atoms with Crippen LogP contribution in [0.1, 0.15) is 30.5 Å². The second kappa shape index (κ2) is 7.70. The van der Waals surface area contributed by atoms with Gasteiger partial charge in [-0.05, 0) is 30.2 Å². The Hall–Kier alpha value is -2.33. The Bertz CT molecular complexity index is 746. The van der Waals surface area contributed by atoms with E-state index in [0.29, 0.717) is 18.1 Å². The second-order valence-electron chi connectivity index (χ2n) is 6.38. The van der Waals surface area contributed by atoms with Crippen molar-refractivity contribution >= 4 is 23.4 Å². The van der Waals surface area contributed by atoms with Crippen molar-refractivity contribution in [2.24, 2.45) is 5.92 Å². The van der Waals surface area contributed by atoms with E-state index in [1.54, 1.807) is 17.0 Å². The molecule has 1 aliphatic heterocycles. The molecule has 130 valence electrons. The summed E-state index contributed by atoms with van der Waals surface area (Å²) in [5.74, 6) is -0.347. The van der Waals surface area contributed by atoms with Crippen LogP contribution in [0.2, 0.25) is 5.02 Å². The Morgan fingerprint density at radius 1 is 1.20 bits per heavy atom. The molecule has 0 aromatic heterocycles. The number of likely N-dealkylation sites (tertiary alicyclic amines) is 1. The standard InChI is InChI=1S/C20H21ClN2O2/c1-14(16-5-3-2-4-6-16)23-13-17(11-19(23)24)20(25)22-12-15-7-9-18(21)10-8-15/h2-10,14,17H,11-13H2,1H3,(H,22,25)/t14-,17+/m1/s1. The summed E-state index contributed by atoms with van der Waals surface area (Å²) >= 11 is 5.86. The number of hydrogen-bond acceptors (Lipinski definition) is 2. The molecule has 5 heteroatoms. The van der Waals surface area contributed by atoms with Gasteiger partial charge in [0.25, 0.3) is 0 Å². The van der Waals surface area contributed by atoms with E-state index in [0.717, 1.165) is 11.1 Å². The van der Waals surface area contributed by atoms with Crippen LogP contribution < -0.4 is 5.32 Å². The molecule has 1 N–H and O–H groups in total. The molecule has 2 aromatic rings. The van der Waals surface area contributed by atoms with Crippen molar-refractivity contribution in [3.05, 3.63) is 70.7 Å². The van der Waals surface area contributed by atoms with Crippen molar-refractivity contribution in [3.63, 3.8) is 0 Å². The van der Waals surface area contributed by atoms with Gasteiger partial charge in [-0.15, -0.1) is 0 Å². The fourth-order valence-electron chi connectivity index (χ4n) is 3.13. The molecule has 2 amide bonds. The number of hydrogen-bond donors (Lipinski definition) is 1. The summed E-state index contributed by atoms with van der Waals surface area (Å²) in [6.45, 7) is 2.90. The number of halogens is 1. The number of rotatable bonds is 5. The Morgan fingerprint density at radius 3 is 2.56 bits per heavy atom. The highest BCUT2D eigenvalue weighted by atomic mass is 35.5. The van der Waals surface area contributed by atoms with Crippen LogP contribution in [-0.2, 0) is 16.1 Å². The molecule has 4 nitrogen and oxygen atoms in total. The molecule has 1 saturated heterocycles. The number of carbonyl (C=O) groups is 2. The number of benzene rings is 2. The molecular formula is C20H21ClN2O2. The molecule has 0 radical (unpaired) electrons. The molecule has 0 bridgehead atoms. The van der Waals surface area contributed by atoms with Crippen LogP contribution >= 0.6 is 11.6 Å². The van der Waals surface area contributed by atoms with Gasteiger partial charge in [0, 0.05) is 24.5 Å². The molecule has 2 atom stereocenters. The van der Waals surface area contributed by atoms with Gasteiger partial charge in [0.2, 0.25) is 11.8 Å². The Balaban J connectivity index is 1.58. The van der Waals surface area contributed by atoms with Gasteiger partial charge in [-0.3, -0.25) is 9.59 Å². The largest absolute Gasteiger partial charge is 0.352 e. The van der Waals surface area contributed by atoms with Crippen molar-refractivity contribution in [2.45, 2.75) is 25.9 Å². The van der Waals surface area contributed by atoms with Crippen molar-refractivity contribution in [1.29, 1.82) is 0 Å². The zero-order valence-electron chi connectivity index (χ0n) is 14.1. The number of nitrogens with one attached hydrogen (secondary N) is 1. The lowest BCUT2D eigenvalue weighted by atomic mass is 10.1. The van der Waals surface area contributed by atoms with Gasteiger partial charge < -0.3 is 10.2 Å². The third kappa shape index (κ3) is 4.20. The molecule has 0 spiro atoms. The van der Waals surface area contributed by atoms with Crippen LogP contribution in [0.15, 0.2) is 54.6 Å². The fraction of sp³-hybridized carbons (Fsp3) is 0.300. The summed E-state index contributed by atoms with van der Waals surface area (Å²) in [5, 5.41) is 3.59. The first kappa shape index (κ1) is 17.5. The molecule has 3 rings (SSSR count). The van der Waals surface area contributed by atoms with E-state index in [1.165, 1.54) is 0 Å². The molecular weight excluding hydrogens is 336 g/mol. The normalized spacial score (nSPS) is 18.2. The van der Waals surface area contributed by atoms with Crippen molar-refractivity contribution in [2.75, 3.05) is 6.54 Å². The highest BCUT2D eigenvalue weighted by Crippen LogP contribution is 2.28. The van der Waals surface area contributed by atoms with Crippen LogP contribution in [-0.4, -0.2) is 23.3 Å². The number of amides is 2. The fourth-order valence-corrected chi connectivity index (χ4v) is 3.25. The van der Waals surface area contributed by atoms with Gasteiger partial charge in [-0.2, -0.15) is 0 Å². The molecule has 1 heterocycles. The van der Waals surface area contributed by atoms with Crippen LogP contribution in [0, 0.1) is 5.92 Å². The van der Waals surface area contributed by atoms with Crippen LogP contribution in [0.4, 0.5) is 0 Å². The van der Waals surface area contributed by atoms with Crippen LogP contribution in [0.3, 0.4) is 0 Å². The SMILES string of the molecule is C[C@H](c1ccccc1)N1C[C@@H](C(=O)NCc2ccc(Cl)cc2)CC1=O. The Labute approximate surface area is 152 Å². The first-order chi connectivity index (χ1) is 12.0. The quantitative estimate of drug-likeness (QED) is 0.890. The first-order valence-corrected chi connectivity index (χ1v) is 8.79. The van der Waals surface area contributed by atoms with Crippen LogP contribution in [0.25, 0.3) is 0 Å². The molecule has 0 aliphatic carbocycles. The maximum Gasteiger partial charge on any atom is 0.225 e. The second-order valence-corrected chi connectivity index (χ2v) is 6.81. The minimum Gasteiger partial charge on any atom is -0.352 e. The summed E-state index contributed by atoms with van der Waals surface area (Å²) in [6.07, 6.45) is 0.267. The average Bonchev–Trinajstić information content (AvgIpc) is 3.03. The van der Waals surface area contributed by atoms with E-state index in [4.69, 9.17) is 11.6 Å². The molecule has 0 saturated carbocycles. The van der Waals surface area contributed by atoms with Gasteiger partial charge in [0.05, 0.1) is 12.0 Å². The van der Waals surface area contributed by atoms with Crippen molar-refractivity contribution in [3.8, 4) is 0 Å². The molecule has 2 aromatic carbocycles. The van der Waals surface area contributed by atoms with Gasteiger partial charge in [0.1, 0.15) is 0 Å². The maximum absolute atomic E-state index is 12.4. The predicted molar refractivity (Wildman–Crippen MR) is 98.0 cm³/mol. The third-order valence-electron chi connectivity index (χ3n) is 4.66. The molecule has 25 heavy (non-hydrogen) atoms. The van der Waals surface area contributed by atoms with E-state index < -0.39 is 0 Å². The van der Waals surface area contributed by atoms with Crippen molar-refractivity contribution in [1.82, 2.24) is 10.2 Å². The molecule has 1 fully saturated rings. The van der Waals surface area contributed by atoms with E-state index in [-0.39, 0.29) is 30.2 Å². The van der Waals surface area contributed by atoms with E-state index >= 15 is 0 Å². The summed E-state index contributed by atoms with van der Waals surface area (Å²) < 4.78 is 0. The predicted octanol–water partition coefficient (Wildman–Crippen LogP) is 3.57. The zero-order chi connectivity index (χ0) is 17.8. The van der Waals surface area contributed by atoms with Gasteiger partial charge in [0.15, 0.2) is 0 Å². The minimum absolute atomic E-state index is 0.0252. The molecule has 0 unspecified atom stereocenters. The lowest BCUT2D eigenvalue weighted by Gasteiger charge is -2.25. The summed E-state index contributed by atoms with van der Waals surface area (Å²) in [5.41, 5.74) is 2.06. The van der Waals surface area contributed by atoms with E-state index in [2.05, 4.69) is 5.32 Å². The Morgan fingerprint density at radius 2 is 1.88 bits per heavy atom. The first-order valence-electron chi connectivity index (χ1n) is 8.41. The summed E-state index contributed by atoms with van der Waals surface area (Å²) in [4.78, 5) is 26.6. The highest BCUT2D eigenvalue weighted by molar-refractivity contribution is 6.30.